The Balaban J connectivity index is 0.00000288. The van der Waals surface area contributed by atoms with Crippen LogP contribution in [0.4, 0.5) is 0 Å². The Morgan fingerprint density at radius 3 is 2.71 bits per heavy atom. The zero-order valence-corrected chi connectivity index (χ0v) is 17.6. The van der Waals surface area contributed by atoms with Crippen molar-refractivity contribution < 1.29 is 0 Å². The van der Waals surface area contributed by atoms with Gasteiger partial charge in [-0.1, -0.05) is 24.3 Å². The van der Waals surface area contributed by atoms with E-state index in [9.17, 15) is 0 Å². The fourth-order valence-electron chi connectivity index (χ4n) is 2.48. The highest BCUT2D eigenvalue weighted by Crippen LogP contribution is 2.15. The smallest absolute Gasteiger partial charge is 0.190 e. The lowest BCUT2D eigenvalue weighted by Gasteiger charge is -2.12. The fourth-order valence-corrected chi connectivity index (χ4v) is 2.98. The van der Waals surface area contributed by atoms with E-state index in [1.54, 1.807) is 0 Å². The third kappa shape index (κ3) is 6.84. The molecule has 4 nitrogen and oxygen atoms in total. The molecular weight excluding hydrogens is 431 g/mol. The summed E-state index contributed by atoms with van der Waals surface area (Å²) in [5.41, 5.74) is 2.36. The van der Waals surface area contributed by atoms with Crippen LogP contribution in [0, 0.1) is 0 Å². The Morgan fingerprint density at radius 1 is 1.12 bits per heavy atom. The molecule has 1 heterocycles. The van der Waals surface area contributed by atoms with Gasteiger partial charge in [-0.15, -0.1) is 24.0 Å². The monoisotopic (exact) mass is 458 g/mol. The van der Waals surface area contributed by atoms with Crippen LogP contribution < -0.4 is 10.6 Å². The van der Waals surface area contributed by atoms with Crippen molar-refractivity contribution in [2.75, 3.05) is 32.1 Å². The van der Waals surface area contributed by atoms with Crippen molar-refractivity contribution in [3.05, 3.63) is 42.1 Å². The maximum absolute atomic E-state index is 4.50. The minimum atomic E-state index is 0. The number of aliphatic imine (C=N–C) groups is 1. The number of unbranched alkanes of at least 4 members (excludes halogenated alkanes) is 1. The molecule has 0 bridgehead atoms. The molecule has 0 fully saturated rings. The molecule has 0 saturated heterocycles. The lowest BCUT2D eigenvalue weighted by Crippen LogP contribution is -2.38. The lowest BCUT2D eigenvalue weighted by atomic mass is 10.1. The molecule has 132 valence electrons. The Morgan fingerprint density at radius 2 is 1.92 bits per heavy atom. The molecule has 1 aromatic carbocycles. The Bertz CT molecular complexity index is 628. The van der Waals surface area contributed by atoms with Gasteiger partial charge in [0, 0.05) is 31.7 Å². The molecule has 1 aromatic heterocycles. The molecule has 24 heavy (non-hydrogen) atoms. The predicted octanol–water partition coefficient (Wildman–Crippen LogP) is 3.70. The summed E-state index contributed by atoms with van der Waals surface area (Å²) in [6.45, 7) is 1.82. The number of halogens is 1. The summed E-state index contributed by atoms with van der Waals surface area (Å²) < 4.78 is 0. The van der Waals surface area contributed by atoms with E-state index in [1.807, 2.05) is 31.1 Å². The van der Waals surface area contributed by atoms with Crippen LogP contribution >= 0.6 is 35.7 Å². The van der Waals surface area contributed by atoms with Crippen LogP contribution in [-0.4, -0.2) is 43.1 Å². The summed E-state index contributed by atoms with van der Waals surface area (Å²) in [4.78, 5) is 8.77. The maximum atomic E-state index is 4.50. The van der Waals surface area contributed by atoms with Crippen molar-refractivity contribution in [2.24, 2.45) is 4.99 Å². The first kappa shape index (κ1) is 21.0. The van der Waals surface area contributed by atoms with Gasteiger partial charge in [-0.05, 0) is 42.9 Å². The van der Waals surface area contributed by atoms with Crippen LogP contribution in [0.25, 0.3) is 10.9 Å². The molecule has 0 atom stereocenters. The highest BCUT2D eigenvalue weighted by molar-refractivity contribution is 14.0. The van der Waals surface area contributed by atoms with Crippen molar-refractivity contribution in [1.82, 2.24) is 15.6 Å². The third-order valence-electron chi connectivity index (χ3n) is 3.69. The number of fused-ring (bicyclic) bond motifs is 1. The van der Waals surface area contributed by atoms with Crippen LogP contribution in [-0.2, 0) is 6.42 Å². The highest BCUT2D eigenvalue weighted by atomic mass is 127. The average molecular weight is 458 g/mol. The molecule has 0 saturated carbocycles. The zero-order chi connectivity index (χ0) is 16.3. The molecule has 0 radical (unpaired) electrons. The van der Waals surface area contributed by atoms with Crippen molar-refractivity contribution in [3.8, 4) is 0 Å². The molecule has 0 amide bonds. The maximum Gasteiger partial charge on any atom is 0.190 e. The number of aromatic nitrogens is 1. The normalized spacial score (nSPS) is 11.2. The van der Waals surface area contributed by atoms with E-state index >= 15 is 0 Å². The van der Waals surface area contributed by atoms with Gasteiger partial charge >= 0.3 is 0 Å². The molecule has 0 spiro atoms. The highest BCUT2D eigenvalue weighted by Gasteiger charge is 2.02. The number of guanidine groups is 1. The van der Waals surface area contributed by atoms with Gasteiger partial charge in [0.25, 0.3) is 0 Å². The van der Waals surface area contributed by atoms with Gasteiger partial charge < -0.3 is 10.6 Å². The van der Waals surface area contributed by atoms with Gasteiger partial charge in [-0.3, -0.25) is 9.98 Å². The first-order chi connectivity index (χ1) is 11.3. The first-order valence-corrected chi connectivity index (χ1v) is 9.50. The molecular formula is C18H27IN4S. The molecule has 2 N–H and O–H groups in total. The van der Waals surface area contributed by atoms with E-state index in [-0.39, 0.29) is 24.0 Å². The number of nitrogens with one attached hydrogen (secondary N) is 2. The molecule has 0 unspecified atom stereocenters. The Labute approximate surface area is 166 Å². The second-order valence-corrected chi connectivity index (χ2v) is 6.35. The predicted molar refractivity (Wildman–Crippen MR) is 118 cm³/mol. The van der Waals surface area contributed by atoms with E-state index in [4.69, 9.17) is 0 Å². The molecule has 6 heteroatoms. The summed E-state index contributed by atoms with van der Waals surface area (Å²) in [6, 6.07) is 10.4. The zero-order valence-electron chi connectivity index (χ0n) is 14.4. The van der Waals surface area contributed by atoms with Crippen LogP contribution in [0.2, 0.25) is 0 Å². The van der Waals surface area contributed by atoms with E-state index in [1.165, 1.54) is 29.5 Å². The van der Waals surface area contributed by atoms with E-state index in [0.29, 0.717) is 0 Å². The van der Waals surface area contributed by atoms with E-state index in [2.05, 4.69) is 51.1 Å². The summed E-state index contributed by atoms with van der Waals surface area (Å²) in [5.74, 6) is 2.10. The quantitative estimate of drug-likeness (QED) is 0.274. The number of para-hydroxylation sites is 1. The summed E-state index contributed by atoms with van der Waals surface area (Å²) in [5, 5.41) is 7.94. The number of pyridine rings is 1. The summed E-state index contributed by atoms with van der Waals surface area (Å²) in [7, 11) is 1.82. The molecule has 0 aliphatic rings. The molecule has 2 rings (SSSR count). The fraction of sp³-hybridized carbons (Fsp3) is 0.444. The minimum Gasteiger partial charge on any atom is -0.356 e. The third-order valence-corrected chi connectivity index (χ3v) is 4.39. The van der Waals surface area contributed by atoms with Gasteiger partial charge in [-0.25, -0.2) is 0 Å². The number of hydrogen-bond acceptors (Lipinski definition) is 3. The number of rotatable bonds is 8. The summed E-state index contributed by atoms with van der Waals surface area (Å²) >= 11 is 1.90. The topological polar surface area (TPSA) is 49.3 Å². The Kier molecular flexibility index (Phi) is 10.8. The second kappa shape index (κ2) is 12.4. The SMILES string of the molecule is CN=C(NCCCCSC)NCCc1cccc2cccnc12.I. The van der Waals surface area contributed by atoms with Gasteiger partial charge in [0.05, 0.1) is 5.52 Å². The summed E-state index contributed by atoms with van der Waals surface area (Å²) in [6.07, 6.45) is 7.35. The number of hydrogen-bond donors (Lipinski definition) is 2. The van der Waals surface area contributed by atoms with Gasteiger partial charge in [0.15, 0.2) is 5.96 Å². The van der Waals surface area contributed by atoms with Crippen molar-refractivity contribution >= 4 is 52.6 Å². The first-order valence-electron chi connectivity index (χ1n) is 8.11. The average Bonchev–Trinajstić information content (AvgIpc) is 2.60. The van der Waals surface area contributed by atoms with Crippen LogP contribution in [0.15, 0.2) is 41.5 Å². The molecule has 2 aromatic rings. The number of thioether (sulfide) groups is 1. The molecule has 0 aliphatic carbocycles. The second-order valence-electron chi connectivity index (χ2n) is 5.37. The van der Waals surface area contributed by atoms with Crippen molar-refractivity contribution in [2.45, 2.75) is 19.3 Å². The van der Waals surface area contributed by atoms with Crippen molar-refractivity contribution in [3.63, 3.8) is 0 Å². The van der Waals surface area contributed by atoms with Crippen LogP contribution in [0.3, 0.4) is 0 Å². The molecule has 0 aliphatic heterocycles. The number of benzene rings is 1. The lowest BCUT2D eigenvalue weighted by molar-refractivity contribution is 0.731. The van der Waals surface area contributed by atoms with E-state index < -0.39 is 0 Å². The van der Waals surface area contributed by atoms with Crippen molar-refractivity contribution in [1.29, 1.82) is 0 Å². The van der Waals surface area contributed by atoms with Crippen LogP contribution in [0.5, 0.6) is 0 Å². The largest absolute Gasteiger partial charge is 0.356 e. The number of nitrogens with zero attached hydrogens (tertiary/aromatic N) is 2. The van der Waals surface area contributed by atoms with Gasteiger partial charge in [0.1, 0.15) is 0 Å². The van der Waals surface area contributed by atoms with Gasteiger partial charge in [0.2, 0.25) is 0 Å². The van der Waals surface area contributed by atoms with Crippen LogP contribution in [0.1, 0.15) is 18.4 Å². The van der Waals surface area contributed by atoms with E-state index in [0.717, 1.165) is 31.0 Å². The van der Waals surface area contributed by atoms with Gasteiger partial charge in [-0.2, -0.15) is 11.8 Å². The standard InChI is InChI=1S/C18H26N4S.HI/c1-19-18(21-11-3-4-14-23-2)22-13-10-16-8-5-7-15-9-6-12-20-17(15)16;/h5-9,12H,3-4,10-11,13-14H2,1-2H3,(H2,19,21,22);1H. The Hall–Kier alpha value is -1.02. The minimum absolute atomic E-state index is 0.